The predicted molar refractivity (Wildman–Crippen MR) is 72.2 cm³/mol. The van der Waals surface area contributed by atoms with Gasteiger partial charge in [0.25, 0.3) is 0 Å². The van der Waals surface area contributed by atoms with E-state index in [0.717, 1.165) is 25.7 Å². The second-order valence-corrected chi connectivity index (χ2v) is 4.95. The summed E-state index contributed by atoms with van der Waals surface area (Å²) in [6.07, 6.45) is 8.02. The number of nitrogen functional groups attached to an aromatic ring is 1. The van der Waals surface area contributed by atoms with Crippen LogP contribution in [0.2, 0.25) is 0 Å². The SMILES string of the molecule is CCOC1(c2ncc(C#N)c(N)n2)CCCCCC1. The maximum Gasteiger partial charge on any atom is 0.162 e. The highest BCUT2D eigenvalue weighted by molar-refractivity contribution is 5.46. The molecule has 0 unspecified atom stereocenters. The molecule has 0 bridgehead atoms. The summed E-state index contributed by atoms with van der Waals surface area (Å²) in [5.74, 6) is 0.878. The highest BCUT2D eigenvalue weighted by Crippen LogP contribution is 2.38. The molecule has 19 heavy (non-hydrogen) atoms. The van der Waals surface area contributed by atoms with E-state index in [4.69, 9.17) is 15.7 Å². The molecular formula is C14H20N4O. The fourth-order valence-corrected chi connectivity index (χ4v) is 2.71. The average Bonchev–Trinajstić information content (AvgIpc) is 2.66. The quantitative estimate of drug-likeness (QED) is 0.844. The maximum absolute atomic E-state index is 8.89. The van der Waals surface area contributed by atoms with Gasteiger partial charge in [0.2, 0.25) is 0 Å². The van der Waals surface area contributed by atoms with Crippen LogP contribution in [0.4, 0.5) is 5.82 Å². The summed E-state index contributed by atoms with van der Waals surface area (Å²) in [5, 5.41) is 8.89. The van der Waals surface area contributed by atoms with Gasteiger partial charge in [-0.2, -0.15) is 5.26 Å². The third kappa shape index (κ3) is 2.85. The van der Waals surface area contributed by atoms with Crippen molar-refractivity contribution in [3.05, 3.63) is 17.6 Å². The molecule has 0 aromatic carbocycles. The number of anilines is 1. The lowest BCUT2D eigenvalue weighted by Crippen LogP contribution is -2.32. The monoisotopic (exact) mass is 260 g/mol. The van der Waals surface area contributed by atoms with E-state index in [0.29, 0.717) is 18.0 Å². The Balaban J connectivity index is 2.37. The van der Waals surface area contributed by atoms with Crippen molar-refractivity contribution in [3.63, 3.8) is 0 Å². The van der Waals surface area contributed by atoms with Crippen molar-refractivity contribution in [2.24, 2.45) is 0 Å². The molecule has 0 amide bonds. The van der Waals surface area contributed by atoms with E-state index in [1.807, 2.05) is 13.0 Å². The number of ether oxygens (including phenoxy) is 1. The van der Waals surface area contributed by atoms with Crippen LogP contribution < -0.4 is 5.73 Å². The molecular weight excluding hydrogens is 240 g/mol. The summed E-state index contributed by atoms with van der Waals surface area (Å²) in [6, 6.07) is 1.99. The van der Waals surface area contributed by atoms with E-state index in [-0.39, 0.29) is 5.82 Å². The normalized spacial score (nSPS) is 18.5. The lowest BCUT2D eigenvalue weighted by Gasteiger charge is -2.31. The van der Waals surface area contributed by atoms with Gasteiger partial charge in [0.1, 0.15) is 23.1 Å². The second kappa shape index (κ2) is 5.98. The number of nitrogens with zero attached hydrogens (tertiary/aromatic N) is 3. The van der Waals surface area contributed by atoms with Crippen LogP contribution in [-0.2, 0) is 10.3 Å². The van der Waals surface area contributed by atoms with Crippen molar-refractivity contribution in [1.82, 2.24) is 9.97 Å². The highest BCUT2D eigenvalue weighted by atomic mass is 16.5. The predicted octanol–water partition coefficient (Wildman–Crippen LogP) is 2.52. The number of aromatic nitrogens is 2. The molecule has 5 nitrogen and oxygen atoms in total. The summed E-state index contributed by atoms with van der Waals surface area (Å²) < 4.78 is 6.00. The Labute approximate surface area is 113 Å². The Kier molecular flexibility index (Phi) is 4.33. The minimum absolute atomic E-state index is 0.246. The number of nitriles is 1. The molecule has 1 heterocycles. The smallest absolute Gasteiger partial charge is 0.162 e. The van der Waals surface area contributed by atoms with Crippen molar-refractivity contribution in [1.29, 1.82) is 5.26 Å². The average molecular weight is 260 g/mol. The number of nitrogens with two attached hydrogens (primary N) is 1. The number of rotatable bonds is 3. The van der Waals surface area contributed by atoms with E-state index < -0.39 is 5.60 Å². The molecule has 0 aliphatic heterocycles. The standard InChI is InChI=1S/C14H20N4O/c1-2-19-14(7-5-3-4-6-8-14)13-17-10-11(9-15)12(16)18-13/h10H,2-8H2,1H3,(H2,16,17,18). The summed E-state index contributed by atoms with van der Waals surface area (Å²) in [4.78, 5) is 8.65. The van der Waals surface area contributed by atoms with Crippen LogP contribution in [0.25, 0.3) is 0 Å². The van der Waals surface area contributed by atoms with E-state index in [2.05, 4.69) is 9.97 Å². The van der Waals surface area contributed by atoms with E-state index >= 15 is 0 Å². The van der Waals surface area contributed by atoms with Crippen LogP contribution in [0, 0.1) is 11.3 Å². The third-order valence-electron chi connectivity index (χ3n) is 3.68. The maximum atomic E-state index is 8.89. The molecule has 2 N–H and O–H groups in total. The van der Waals surface area contributed by atoms with Crippen LogP contribution in [0.1, 0.15) is 56.8 Å². The van der Waals surface area contributed by atoms with Crippen LogP contribution in [0.3, 0.4) is 0 Å². The Morgan fingerprint density at radius 1 is 1.37 bits per heavy atom. The molecule has 0 spiro atoms. The summed E-state index contributed by atoms with van der Waals surface area (Å²) >= 11 is 0. The lowest BCUT2D eigenvalue weighted by molar-refractivity contribution is -0.0623. The number of hydrogen-bond acceptors (Lipinski definition) is 5. The van der Waals surface area contributed by atoms with Crippen molar-refractivity contribution < 1.29 is 4.74 Å². The van der Waals surface area contributed by atoms with Gasteiger partial charge in [0.15, 0.2) is 5.82 Å². The van der Waals surface area contributed by atoms with Gasteiger partial charge in [-0.15, -0.1) is 0 Å². The van der Waals surface area contributed by atoms with Crippen LogP contribution in [0.15, 0.2) is 6.20 Å². The van der Waals surface area contributed by atoms with Crippen molar-refractivity contribution in [2.45, 2.75) is 51.0 Å². The highest BCUT2D eigenvalue weighted by Gasteiger charge is 2.36. The zero-order valence-corrected chi connectivity index (χ0v) is 11.4. The van der Waals surface area contributed by atoms with E-state index in [1.54, 1.807) is 0 Å². The molecule has 2 rings (SSSR count). The van der Waals surface area contributed by atoms with E-state index in [1.165, 1.54) is 19.0 Å². The van der Waals surface area contributed by atoms with Crippen LogP contribution >= 0.6 is 0 Å². The molecule has 1 aliphatic carbocycles. The first kappa shape index (κ1) is 13.8. The van der Waals surface area contributed by atoms with Crippen LogP contribution in [-0.4, -0.2) is 16.6 Å². The van der Waals surface area contributed by atoms with Crippen LogP contribution in [0.5, 0.6) is 0 Å². The van der Waals surface area contributed by atoms with Crippen molar-refractivity contribution >= 4 is 5.82 Å². The number of hydrogen-bond donors (Lipinski definition) is 1. The Hall–Kier alpha value is -1.67. The molecule has 0 saturated heterocycles. The summed E-state index contributed by atoms with van der Waals surface area (Å²) in [5.41, 5.74) is 5.70. The fourth-order valence-electron chi connectivity index (χ4n) is 2.71. The van der Waals surface area contributed by atoms with Gasteiger partial charge < -0.3 is 10.5 Å². The summed E-state index contributed by atoms with van der Waals surface area (Å²) in [7, 11) is 0. The zero-order chi connectivity index (χ0) is 13.7. The van der Waals surface area contributed by atoms with Gasteiger partial charge in [0, 0.05) is 6.61 Å². The molecule has 1 saturated carbocycles. The van der Waals surface area contributed by atoms with Gasteiger partial charge in [-0.1, -0.05) is 25.7 Å². The molecule has 0 radical (unpaired) electrons. The van der Waals surface area contributed by atoms with E-state index in [9.17, 15) is 0 Å². The topological polar surface area (TPSA) is 84.8 Å². The molecule has 1 aromatic rings. The first-order valence-electron chi connectivity index (χ1n) is 6.89. The van der Waals surface area contributed by atoms with Crippen molar-refractivity contribution in [2.75, 3.05) is 12.3 Å². The minimum Gasteiger partial charge on any atom is -0.382 e. The van der Waals surface area contributed by atoms with Gasteiger partial charge in [-0.3, -0.25) is 0 Å². The zero-order valence-electron chi connectivity index (χ0n) is 11.4. The lowest BCUT2D eigenvalue weighted by atomic mass is 9.93. The molecule has 1 fully saturated rings. The Bertz CT molecular complexity index is 473. The van der Waals surface area contributed by atoms with Gasteiger partial charge in [0.05, 0.1) is 6.20 Å². The molecule has 102 valence electrons. The first-order valence-corrected chi connectivity index (χ1v) is 6.89. The second-order valence-electron chi connectivity index (χ2n) is 4.95. The third-order valence-corrected chi connectivity index (χ3v) is 3.68. The molecule has 1 aliphatic rings. The van der Waals surface area contributed by atoms with Gasteiger partial charge in [-0.05, 0) is 19.8 Å². The molecule has 1 aromatic heterocycles. The van der Waals surface area contributed by atoms with Gasteiger partial charge in [-0.25, -0.2) is 9.97 Å². The Morgan fingerprint density at radius 3 is 2.58 bits per heavy atom. The fraction of sp³-hybridized carbons (Fsp3) is 0.643. The largest absolute Gasteiger partial charge is 0.382 e. The Morgan fingerprint density at radius 2 is 2.05 bits per heavy atom. The minimum atomic E-state index is -0.423. The molecule has 0 atom stereocenters. The first-order chi connectivity index (χ1) is 9.22. The molecule has 5 heteroatoms. The summed E-state index contributed by atoms with van der Waals surface area (Å²) in [6.45, 7) is 2.61. The van der Waals surface area contributed by atoms with Gasteiger partial charge >= 0.3 is 0 Å². The van der Waals surface area contributed by atoms with Crippen molar-refractivity contribution in [3.8, 4) is 6.07 Å².